The average Bonchev–Trinajstić information content (AvgIpc) is 2.47. The number of hydrogen-bond donors (Lipinski definition) is 2. The van der Waals surface area contributed by atoms with E-state index in [0.717, 1.165) is 11.4 Å². The summed E-state index contributed by atoms with van der Waals surface area (Å²) in [6.07, 6.45) is 1.61. The number of anilines is 3. The SMILES string of the molecule is CNc1cc(C(=O)Nc2ccccc2N(C)C)ccn1. The molecule has 1 aromatic heterocycles. The van der Waals surface area contributed by atoms with E-state index in [1.54, 1.807) is 25.4 Å². The first-order valence-electron chi connectivity index (χ1n) is 6.33. The Hall–Kier alpha value is -2.56. The molecule has 5 nitrogen and oxygen atoms in total. The van der Waals surface area contributed by atoms with Gasteiger partial charge in [0.15, 0.2) is 0 Å². The van der Waals surface area contributed by atoms with Crippen LogP contribution in [0.15, 0.2) is 42.6 Å². The highest BCUT2D eigenvalue weighted by atomic mass is 16.1. The Morgan fingerprint density at radius 1 is 1.20 bits per heavy atom. The summed E-state index contributed by atoms with van der Waals surface area (Å²) >= 11 is 0. The summed E-state index contributed by atoms with van der Waals surface area (Å²) in [7, 11) is 5.65. The number of nitrogens with zero attached hydrogens (tertiary/aromatic N) is 2. The van der Waals surface area contributed by atoms with Crippen LogP contribution < -0.4 is 15.5 Å². The molecule has 5 heteroatoms. The van der Waals surface area contributed by atoms with E-state index in [9.17, 15) is 4.79 Å². The highest BCUT2D eigenvalue weighted by Crippen LogP contribution is 2.24. The van der Waals surface area contributed by atoms with E-state index in [1.807, 2.05) is 43.3 Å². The van der Waals surface area contributed by atoms with E-state index in [1.165, 1.54) is 0 Å². The predicted molar refractivity (Wildman–Crippen MR) is 82.5 cm³/mol. The Labute approximate surface area is 118 Å². The number of amides is 1. The van der Waals surface area contributed by atoms with Gasteiger partial charge in [-0.2, -0.15) is 0 Å². The number of hydrogen-bond acceptors (Lipinski definition) is 4. The van der Waals surface area contributed by atoms with Gasteiger partial charge in [-0.1, -0.05) is 12.1 Å². The molecule has 1 aromatic carbocycles. The maximum absolute atomic E-state index is 12.3. The minimum Gasteiger partial charge on any atom is -0.376 e. The molecule has 2 rings (SSSR count). The fourth-order valence-electron chi connectivity index (χ4n) is 1.87. The molecule has 1 amide bonds. The molecule has 0 spiro atoms. The van der Waals surface area contributed by atoms with E-state index in [-0.39, 0.29) is 5.91 Å². The van der Waals surface area contributed by atoms with Crippen molar-refractivity contribution in [3.8, 4) is 0 Å². The molecule has 0 aliphatic rings. The molecule has 20 heavy (non-hydrogen) atoms. The Kier molecular flexibility index (Phi) is 4.20. The third kappa shape index (κ3) is 3.06. The number of aromatic nitrogens is 1. The number of carbonyl (C=O) groups is 1. The zero-order valence-electron chi connectivity index (χ0n) is 11.8. The molecule has 2 aromatic rings. The smallest absolute Gasteiger partial charge is 0.255 e. The second-order valence-corrected chi connectivity index (χ2v) is 4.55. The van der Waals surface area contributed by atoms with Gasteiger partial charge in [-0.05, 0) is 24.3 Å². The lowest BCUT2D eigenvalue weighted by molar-refractivity contribution is 0.102. The normalized spacial score (nSPS) is 9.95. The fourth-order valence-corrected chi connectivity index (χ4v) is 1.87. The first-order valence-corrected chi connectivity index (χ1v) is 6.33. The van der Waals surface area contributed by atoms with Crippen LogP contribution in [0.1, 0.15) is 10.4 Å². The summed E-state index contributed by atoms with van der Waals surface area (Å²) in [4.78, 5) is 18.3. The molecule has 2 N–H and O–H groups in total. The van der Waals surface area contributed by atoms with Crippen LogP contribution in [0, 0.1) is 0 Å². The van der Waals surface area contributed by atoms with Crippen LogP contribution in [0.5, 0.6) is 0 Å². The van der Waals surface area contributed by atoms with Gasteiger partial charge in [0.05, 0.1) is 11.4 Å². The largest absolute Gasteiger partial charge is 0.376 e. The average molecular weight is 270 g/mol. The van der Waals surface area contributed by atoms with Crippen LogP contribution in [0.2, 0.25) is 0 Å². The molecule has 104 valence electrons. The van der Waals surface area contributed by atoms with Gasteiger partial charge in [0, 0.05) is 32.9 Å². The lowest BCUT2D eigenvalue weighted by Gasteiger charge is -2.17. The van der Waals surface area contributed by atoms with E-state index < -0.39 is 0 Å². The van der Waals surface area contributed by atoms with Gasteiger partial charge in [-0.3, -0.25) is 4.79 Å². The lowest BCUT2D eigenvalue weighted by atomic mass is 10.2. The van der Waals surface area contributed by atoms with Gasteiger partial charge in [0.2, 0.25) is 0 Å². The van der Waals surface area contributed by atoms with Crippen molar-refractivity contribution in [1.82, 2.24) is 4.98 Å². The Morgan fingerprint density at radius 2 is 1.95 bits per heavy atom. The molecule has 0 radical (unpaired) electrons. The zero-order chi connectivity index (χ0) is 14.5. The first kappa shape index (κ1) is 13.9. The van der Waals surface area contributed by atoms with Crippen molar-refractivity contribution in [3.63, 3.8) is 0 Å². The number of carbonyl (C=O) groups excluding carboxylic acids is 1. The van der Waals surface area contributed by atoms with Crippen LogP contribution in [0.3, 0.4) is 0 Å². The first-order chi connectivity index (χ1) is 9.61. The third-order valence-corrected chi connectivity index (χ3v) is 2.91. The van der Waals surface area contributed by atoms with Crippen LogP contribution >= 0.6 is 0 Å². The van der Waals surface area contributed by atoms with Crippen LogP contribution in [0.25, 0.3) is 0 Å². The molecule has 0 saturated heterocycles. The van der Waals surface area contributed by atoms with Crippen molar-refractivity contribution in [2.75, 3.05) is 36.7 Å². The molecule has 0 atom stereocenters. The predicted octanol–water partition coefficient (Wildman–Crippen LogP) is 2.44. The molecule has 1 heterocycles. The van der Waals surface area contributed by atoms with Crippen molar-refractivity contribution in [1.29, 1.82) is 0 Å². The van der Waals surface area contributed by atoms with Gasteiger partial charge in [0.1, 0.15) is 5.82 Å². The highest BCUT2D eigenvalue weighted by molar-refractivity contribution is 6.06. The van der Waals surface area contributed by atoms with E-state index in [2.05, 4.69) is 15.6 Å². The van der Waals surface area contributed by atoms with Crippen molar-refractivity contribution in [2.24, 2.45) is 0 Å². The highest BCUT2D eigenvalue weighted by Gasteiger charge is 2.10. The van der Waals surface area contributed by atoms with Crippen LogP contribution in [-0.2, 0) is 0 Å². The van der Waals surface area contributed by atoms with E-state index >= 15 is 0 Å². The molecule has 0 aliphatic carbocycles. The summed E-state index contributed by atoms with van der Waals surface area (Å²) in [6, 6.07) is 11.1. The number of nitrogens with one attached hydrogen (secondary N) is 2. The summed E-state index contributed by atoms with van der Waals surface area (Å²) in [5.41, 5.74) is 2.31. The Morgan fingerprint density at radius 3 is 2.65 bits per heavy atom. The standard InChI is InChI=1S/C15H18N4O/c1-16-14-10-11(8-9-17-14)15(20)18-12-6-4-5-7-13(12)19(2)3/h4-10H,1-3H3,(H,16,17)(H,18,20). The summed E-state index contributed by atoms with van der Waals surface area (Å²) < 4.78 is 0. The van der Waals surface area contributed by atoms with Gasteiger partial charge >= 0.3 is 0 Å². The number of para-hydroxylation sites is 2. The molecule has 0 bridgehead atoms. The molecule has 0 aliphatic heterocycles. The van der Waals surface area contributed by atoms with Gasteiger partial charge < -0.3 is 15.5 Å². The Balaban J connectivity index is 2.23. The zero-order valence-corrected chi connectivity index (χ0v) is 11.8. The molecule has 0 unspecified atom stereocenters. The second kappa shape index (κ2) is 6.06. The number of pyridine rings is 1. The molecular weight excluding hydrogens is 252 g/mol. The van der Waals surface area contributed by atoms with Crippen molar-refractivity contribution >= 4 is 23.1 Å². The minimum absolute atomic E-state index is 0.154. The third-order valence-electron chi connectivity index (χ3n) is 2.91. The van der Waals surface area contributed by atoms with Crippen molar-refractivity contribution in [3.05, 3.63) is 48.2 Å². The van der Waals surface area contributed by atoms with Gasteiger partial charge in [-0.15, -0.1) is 0 Å². The summed E-state index contributed by atoms with van der Waals surface area (Å²) in [6.45, 7) is 0. The summed E-state index contributed by atoms with van der Waals surface area (Å²) in [5.74, 6) is 0.511. The van der Waals surface area contributed by atoms with Crippen LogP contribution in [0.4, 0.5) is 17.2 Å². The fraction of sp³-hybridized carbons (Fsp3) is 0.200. The molecular formula is C15H18N4O. The van der Waals surface area contributed by atoms with E-state index in [0.29, 0.717) is 11.4 Å². The second-order valence-electron chi connectivity index (χ2n) is 4.55. The maximum atomic E-state index is 12.3. The minimum atomic E-state index is -0.154. The monoisotopic (exact) mass is 270 g/mol. The van der Waals surface area contributed by atoms with Crippen molar-refractivity contribution in [2.45, 2.75) is 0 Å². The van der Waals surface area contributed by atoms with Crippen molar-refractivity contribution < 1.29 is 4.79 Å². The van der Waals surface area contributed by atoms with Gasteiger partial charge in [0.25, 0.3) is 5.91 Å². The number of benzene rings is 1. The Bertz CT molecular complexity index is 610. The molecule has 0 fully saturated rings. The van der Waals surface area contributed by atoms with E-state index in [4.69, 9.17) is 0 Å². The van der Waals surface area contributed by atoms with Crippen LogP contribution in [-0.4, -0.2) is 32.0 Å². The quantitative estimate of drug-likeness (QED) is 0.896. The molecule has 0 saturated carbocycles. The maximum Gasteiger partial charge on any atom is 0.255 e. The summed E-state index contributed by atoms with van der Waals surface area (Å²) in [5, 5.41) is 5.84. The lowest BCUT2D eigenvalue weighted by Crippen LogP contribution is -2.16. The van der Waals surface area contributed by atoms with Gasteiger partial charge in [-0.25, -0.2) is 4.98 Å². The topological polar surface area (TPSA) is 57.3 Å². The number of rotatable bonds is 4.